The van der Waals surface area contributed by atoms with Crippen LogP contribution in [0, 0.1) is 0 Å². The van der Waals surface area contributed by atoms with Crippen molar-refractivity contribution in [1.82, 2.24) is 0 Å². The molecule has 0 radical (unpaired) electrons. The molecule has 0 saturated heterocycles. The second kappa shape index (κ2) is 5.15. The summed E-state index contributed by atoms with van der Waals surface area (Å²) in [5.41, 5.74) is 0.0574. The number of rotatable bonds is 5. The first kappa shape index (κ1) is 11.4. The van der Waals surface area contributed by atoms with E-state index >= 15 is 0 Å². The van der Waals surface area contributed by atoms with Crippen LogP contribution in [0.3, 0.4) is 0 Å². The van der Waals surface area contributed by atoms with Crippen LogP contribution in [0.2, 0.25) is 0 Å². The van der Waals surface area contributed by atoms with Gasteiger partial charge in [0, 0.05) is 11.9 Å². The summed E-state index contributed by atoms with van der Waals surface area (Å²) in [6, 6.07) is 0. The molecule has 11 heavy (non-hydrogen) atoms. The Balaban J connectivity index is 3.38. The molecular weight excluding hydrogens is 204 g/mol. The summed E-state index contributed by atoms with van der Waals surface area (Å²) in [4.78, 5) is 0.634. The number of ether oxygens (including phenoxy) is 1. The first-order chi connectivity index (χ1) is 4.98. The van der Waals surface area contributed by atoms with Crippen LogP contribution < -0.4 is 0 Å². The summed E-state index contributed by atoms with van der Waals surface area (Å²) in [5.74, 6) is 0. The van der Waals surface area contributed by atoms with E-state index in [1.54, 1.807) is 7.11 Å². The van der Waals surface area contributed by atoms with E-state index in [9.17, 15) is 0 Å². The van der Waals surface area contributed by atoms with E-state index in [0.717, 1.165) is 6.42 Å². The predicted octanol–water partition coefficient (Wildman–Crippen LogP) is 3.37. The van der Waals surface area contributed by atoms with Crippen LogP contribution in [0.5, 0.6) is 0 Å². The SMILES string of the molecule is COC(C)(C)CCCC(C)Br. The highest BCUT2D eigenvalue weighted by molar-refractivity contribution is 9.09. The Morgan fingerprint density at radius 1 is 1.45 bits per heavy atom. The lowest BCUT2D eigenvalue weighted by Crippen LogP contribution is -2.22. The number of hydrogen-bond acceptors (Lipinski definition) is 1. The zero-order valence-corrected chi connectivity index (χ0v) is 9.57. The van der Waals surface area contributed by atoms with E-state index < -0.39 is 0 Å². The number of hydrogen-bond donors (Lipinski definition) is 0. The molecule has 1 unspecified atom stereocenters. The minimum absolute atomic E-state index is 0.0574. The summed E-state index contributed by atoms with van der Waals surface area (Å²) in [5, 5.41) is 0. The Morgan fingerprint density at radius 3 is 2.36 bits per heavy atom. The fourth-order valence-corrected chi connectivity index (χ4v) is 1.23. The topological polar surface area (TPSA) is 9.23 Å². The molecule has 1 nitrogen and oxygen atoms in total. The molecule has 68 valence electrons. The summed E-state index contributed by atoms with van der Waals surface area (Å²) >= 11 is 3.52. The summed E-state index contributed by atoms with van der Waals surface area (Å²) < 4.78 is 5.30. The van der Waals surface area contributed by atoms with Crippen molar-refractivity contribution in [3.05, 3.63) is 0 Å². The van der Waals surface area contributed by atoms with Gasteiger partial charge in [-0.15, -0.1) is 0 Å². The van der Waals surface area contributed by atoms with Crippen molar-refractivity contribution in [3.8, 4) is 0 Å². The van der Waals surface area contributed by atoms with E-state index in [1.165, 1.54) is 12.8 Å². The average Bonchev–Trinajstić information content (AvgIpc) is 1.87. The molecule has 2 heteroatoms. The van der Waals surface area contributed by atoms with E-state index in [4.69, 9.17) is 4.74 Å². The molecule has 0 aliphatic heterocycles. The smallest absolute Gasteiger partial charge is 0.0622 e. The Labute approximate surface area is 78.6 Å². The second-order valence-corrected chi connectivity index (χ2v) is 5.20. The van der Waals surface area contributed by atoms with E-state index in [1.807, 2.05) is 0 Å². The second-order valence-electron chi connectivity index (χ2n) is 3.64. The van der Waals surface area contributed by atoms with Crippen molar-refractivity contribution in [2.75, 3.05) is 7.11 Å². The highest BCUT2D eigenvalue weighted by atomic mass is 79.9. The fourth-order valence-electron chi connectivity index (χ4n) is 0.911. The predicted molar refractivity (Wildman–Crippen MR) is 53.3 cm³/mol. The Bertz CT molecular complexity index is 99.7. The highest BCUT2D eigenvalue weighted by Crippen LogP contribution is 2.18. The molecule has 0 bridgehead atoms. The molecule has 0 aromatic heterocycles. The van der Waals surface area contributed by atoms with Gasteiger partial charge in [-0.2, -0.15) is 0 Å². The Hall–Kier alpha value is 0.440. The van der Waals surface area contributed by atoms with Gasteiger partial charge in [-0.05, 0) is 33.1 Å². The lowest BCUT2D eigenvalue weighted by Gasteiger charge is -2.22. The molecule has 0 spiro atoms. The quantitative estimate of drug-likeness (QED) is 0.649. The van der Waals surface area contributed by atoms with Gasteiger partial charge in [0.25, 0.3) is 0 Å². The zero-order chi connectivity index (χ0) is 8.91. The van der Waals surface area contributed by atoms with Gasteiger partial charge in [0.1, 0.15) is 0 Å². The van der Waals surface area contributed by atoms with Crippen LogP contribution in [0.4, 0.5) is 0 Å². The summed E-state index contributed by atoms with van der Waals surface area (Å²) in [7, 11) is 1.78. The van der Waals surface area contributed by atoms with Crippen LogP contribution in [-0.2, 0) is 4.74 Å². The van der Waals surface area contributed by atoms with Gasteiger partial charge in [-0.25, -0.2) is 0 Å². The van der Waals surface area contributed by atoms with Gasteiger partial charge < -0.3 is 4.74 Å². The maximum atomic E-state index is 5.30. The van der Waals surface area contributed by atoms with Crippen molar-refractivity contribution in [3.63, 3.8) is 0 Å². The molecule has 0 N–H and O–H groups in total. The first-order valence-electron chi connectivity index (χ1n) is 4.17. The molecule has 0 heterocycles. The Morgan fingerprint density at radius 2 is 2.00 bits per heavy atom. The average molecular weight is 223 g/mol. The van der Waals surface area contributed by atoms with Crippen LogP contribution in [0.25, 0.3) is 0 Å². The summed E-state index contributed by atoms with van der Waals surface area (Å²) in [6.07, 6.45) is 3.60. The molecule has 1 atom stereocenters. The molecule has 0 amide bonds. The molecular formula is C9H19BrO. The first-order valence-corrected chi connectivity index (χ1v) is 5.09. The zero-order valence-electron chi connectivity index (χ0n) is 7.98. The van der Waals surface area contributed by atoms with E-state index in [2.05, 4.69) is 36.7 Å². The molecule has 0 aliphatic rings. The van der Waals surface area contributed by atoms with Gasteiger partial charge in [0.2, 0.25) is 0 Å². The highest BCUT2D eigenvalue weighted by Gasteiger charge is 2.15. The van der Waals surface area contributed by atoms with Gasteiger partial charge >= 0.3 is 0 Å². The van der Waals surface area contributed by atoms with Gasteiger partial charge in [0.15, 0.2) is 0 Å². The fraction of sp³-hybridized carbons (Fsp3) is 1.00. The largest absolute Gasteiger partial charge is 0.379 e. The molecule has 0 aromatic rings. The van der Waals surface area contributed by atoms with Crippen molar-refractivity contribution < 1.29 is 4.74 Å². The van der Waals surface area contributed by atoms with Crippen LogP contribution >= 0.6 is 15.9 Å². The number of methoxy groups -OCH3 is 1. The van der Waals surface area contributed by atoms with Crippen molar-refractivity contribution in [1.29, 1.82) is 0 Å². The molecule has 0 aliphatic carbocycles. The molecule has 0 fully saturated rings. The van der Waals surface area contributed by atoms with Crippen molar-refractivity contribution >= 4 is 15.9 Å². The monoisotopic (exact) mass is 222 g/mol. The van der Waals surface area contributed by atoms with Crippen LogP contribution in [0.15, 0.2) is 0 Å². The summed E-state index contributed by atoms with van der Waals surface area (Å²) in [6.45, 7) is 6.44. The van der Waals surface area contributed by atoms with Gasteiger partial charge in [-0.3, -0.25) is 0 Å². The number of halogens is 1. The molecule has 0 rings (SSSR count). The lowest BCUT2D eigenvalue weighted by molar-refractivity contribution is 0.0136. The standard InChI is InChI=1S/C9H19BrO/c1-8(10)6-5-7-9(2,3)11-4/h8H,5-7H2,1-4H3. The third-order valence-corrected chi connectivity index (χ3v) is 2.39. The van der Waals surface area contributed by atoms with E-state index in [-0.39, 0.29) is 5.60 Å². The van der Waals surface area contributed by atoms with Gasteiger partial charge in [0.05, 0.1) is 5.60 Å². The van der Waals surface area contributed by atoms with Crippen LogP contribution in [0.1, 0.15) is 40.0 Å². The molecule has 0 saturated carbocycles. The molecule has 0 aromatic carbocycles. The maximum Gasteiger partial charge on any atom is 0.0622 e. The van der Waals surface area contributed by atoms with Crippen molar-refractivity contribution in [2.24, 2.45) is 0 Å². The lowest BCUT2D eigenvalue weighted by atomic mass is 10.0. The number of alkyl halides is 1. The van der Waals surface area contributed by atoms with Crippen LogP contribution in [-0.4, -0.2) is 17.5 Å². The third kappa shape index (κ3) is 6.82. The minimum Gasteiger partial charge on any atom is -0.379 e. The van der Waals surface area contributed by atoms with E-state index in [0.29, 0.717) is 4.83 Å². The maximum absolute atomic E-state index is 5.30. The normalized spacial score (nSPS) is 15.0. The third-order valence-electron chi connectivity index (χ3n) is 1.93. The Kier molecular flexibility index (Phi) is 5.36. The van der Waals surface area contributed by atoms with Crippen molar-refractivity contribution in [2.45, 2.75) is 50.5 Å². The van der Waals surface area contributed by atoms with Gasteiger partial charge in [-0.1, -0.05) is 22.9 Å². The minimum atomic E-state index is 0.0574.